The van der Waals surface area contributed by atoms with Crippen molar-refractivity contribution < 1.29 is 33.4 Å². The van der Waals surface area contributed by atoms with E-state index in [2.05, 4.69) is 15.6 Å². The summed E-state index contributed by atoms with van der Waals surface area (Å²) in [4.78, 5) is 39.2. The van der Waals surface area contributed by atoms with Crippen molar-refractivity contribution in [1.29, 1.82) is 0 Å². The van der Waals surface area contributed by atoms with E-state index in [0.717, 1.165) is 12.1 Å². The molecule has 0 radical (unpaired) electrons. The van der Waals surface area contributed by atoms with Crippen LogP contribution >= 0.6 is 0 Å². The minimum absolute atomic E-state index is 0.101. The molecule has 1 aromatic heterocycles. The van der Waals surface area contributed by atoms with Gasteiger partial charge in [-0.15, -0.1) is 0 Å². The number of nitrogens with one attached hydrogen (secondary N) is 2. The molecular weight excluding hydrogens is 412 g/mol. The number of aromatic nitrogens is 1. The third kappa shape index (κ3) is 7.10. The molecule has 0 spiro atoms. The van der Waals surface area contributed by atoms with Gasteiger partial charge in [0.15, 0.2) is 0 Å². The summed E-state index contributed by atoms with van der Waals surface area (Å²) in [5.41, 5.74) is 0.126. The smallest absolute Gasteiger partial charge is 0.320 e. The molecule has 166 valence electrons. The van der Waals surface area contributed by atoms with Gasteiger partial charge in [-0.2, -0.15) is 0 Å². The van der Waals surface area contributed by atoms with E-state index in [1.165, 1.54) is 18.3 Å². The Bertz CT molecular complexity index is 930. The molecule has 1 amide bonds. The van der Waals surface area contributed by atoms with Crippen molar-refractivity contribution in [3.8, 4) is 0 Å². The summed E-state index contributed by atoms with van der Waals surface area (Å²) in [7, 11) is 0. The van der Waals surface area contributed by atoms with Crippen molar-refractivity contribution in [3.05, 3.63) is 59.4 Å². The van der Waals surface area contributed by atoms with E-state index in [0.29, 0.717) is 12.5 Å². The van der Waals surface area contributed by atoms with E-state index < -0.39 is 41.4 Å². The quantitative estimate of drug-likeness (QED) is 0.452. The van der Waals surface area contributed by atoms with Gasteiger partial charge in [-0.05, 0) is 36.6 Å². The summed E-state index contributed by atoms with van der Waals surface area (Å²) in [6.45, 7) is 3.57. The highest BCUT2D eigenvalue weighted by Gasteiger charge is 2.25. The van der Waals surface area contributed by atoms with Gasteiger partial charge in [0.25, 0.3) is 5.91 Å². The minimum atomic E-state index is -1.19. The summed E-state index contributed by atoms with van der Waals surface area (Å²) in [6, 6.07) is 4.27. The average Bonchev–Trinajstić information content (AvgIpc) is 2.67. The first kappa shape index (κ1) is 23.9. The highest BCUT2D eigenvalue weighted by Crippen LogP contribution is 2.18. The fraction of sp³-hybridized carbons (Fsp3) is 0.333. The molecule has 4 N–H and O–H groups in total. The summed E-state index contributed by atoms with van der Waals surface area (Å²) in [5.74, 6) is -5.83. The van der Waals surface area contributed by atoms with Crippen molar-refractivity contribution >= 4 is 23.5 Å². The van der Waals surface area contributed by atoms with Crippen LogP contribution in [0, 0.1) is 17.6 Å². The Hall–Kier alpha value is -3.40. The van der Waals surface area contributed by atoms with E-state index in [1.54, 1.807) is 0 Å². The molecule has 0 aliphatic carbocycles. The molecule has 31 heavy (non-hydrogen) atoms. The number of pyridine rings is 1. The normalized spacial score (nSPS) is 12.9. The third-order valence-electron chi connectivity index (χ3n) is 4.40. The average molecular weight is 435 g/mol. The lowest BCUT2D eigenvalue weighted by molar-refractivity contribution is -0.142. The van der Waals surface area contributed by atoms with Crippen LogP contribution in [-0.4, -0.2) is 45.6 Å². The van der Waals surface area contributed by atoms with Crippen LogP contribution in [0.2, 0.25) is 0 Å². The zero-order valence-corrected chi connectivity index (χ0v) is 16.9. The van der Waals surface area contributed by atoms with Crippen LogP contribution in [0.15, 0.2) is 36.5 Å². The lowest BCUT2D eigenvalue weighted by Crippen LogP contribution is -2.41. The number of carbonyl (C=O) groups is 3. The van der Waals surface area contributed by atoms with Gasteiger partial charge in [0.2, 0.25) is 0 Å². The second kappa shape index (κ2) is 10.6. The van der Waals surface area contributed by atoms with Gasteiger partial charge in [0, 0.05) is 18.2 Å². The van der Waals surface area contributed by atoms with Crippen molar-refractivity contribution in [1.82, 2.24) is 10.3 Å². The number of carboxylic acid groups (broad SMARTS) is 2. The van der Waals surface area contributed by atoms with E-state index in [-0.39, 0.29) is 29.4 Å². The van der Waals surface area contributed by atoms with Gasteiger partial charge in [0.1, 0.15) is 23.6 Å². The monoisotopic (exact) mass is 435 g/mol. The van der Waals surface area contributed by atoms with Crippen molar-refractivity contribution in [2.45, 2.75) is 32.2 Å². The first-order chi connectivity index (χ1) is 14.6. The highest BCUT2D eigenvalue weighted by molar-refractivity contribution is 6.04. The second-order valence-corrected chi connectivity index (χ2v) is 7.40. The van der Waals surface area contributed by atoms with Crippen LogP contribution in [0.1, 0.15) is 42.2 Å². The Morgan fingerprint density at radius 3 is 2.16 bits per heavy atom. The van der Waals surface area contributed by atoms with Gasteiger partial charge in [-0.1, -0.05) is 13.8 Å². The maximum absolute atomic E-state index is 13.3. The molecule has 0 bridgehead atoms. The lowest BCUT2D eigenvalue weighted by atomic mass is 10.0. The number of benzene rings is 1. The van der Waals surface area contributed by atoms with E-state index >= 15 is 0 Å². The number of nitrogens with zero attached hydrogens (tertiary/aromatic N) is 1. The molecule has 10 heteroatoms. The van der Waals surface area contributed by atoms with Crippen LogP contribution in [0.25, 0.3) is 0 Å². The SMILES string of the molecule is CC(C)CC(NCC(C(=O)O)c1ccc(NC(=O)c2cc(F)cc(F)c2)cn1)C(=O)O. The first-order valence-corrected chi connectivity index (χ1v) is 9.49. The maximum Gasteiger partial charge on any atom is 0.320 e. The van der Waals surface area contributed by atoms with Crippen LogP contribution in [0.3, 0.4) is 0 Å². The zero-order valence-electron chi connectivity index (χ0n) is 16.9. The van der Waals surface area contributed by atoms with Gasteiger partial charge >= 0.3 is 11.9 Å². The largest absolute Gasteiger partial charge is 0.481 e. The Morgan fingerprint density at radius 2 is 1.68 bits per heavy atom. The molecule has 2 unspecified atom stereocenters. The Balaban J connectivity index is 2.08. The molecule has 8 nitrogen and oxygen atoms in total. The number of hydrogen-bond acceptors (Lipinski definition) is 5. The molecule has 1 aromatic carbocycles. The number of hydrogen-bond donors (Lipinski definition) is 4. The minimum Gasteiger partial charge on any atom is -0.481 e. The van der Waals surface area contributed by atoms with Crippen LogP contribution in [-0.2, 0) is 9.59 Å². The van der Waals surface area contributed by atoms with E-state index in [9.17, 15) is 33.4 Å². The zero-order chi connectivity index (χ0) is 23.1. The molecule has 0 saturated heterocycles. The Kier molecular flexibility index (Phi) is 8.14. The highest BCUT2D eigenvalue weighted by atomic mass is 19.1. The number of halogens is 2. The molecule has 0 saturated carbocycles. The van der Waals surface area contributed by atoms with E-state index in [4.69, 9.17) is 0 Å². The number of carbonyl (C=O) groups excluding carboxylic acids is 1. The van der Waals surface area contributed by atoms with Crippen molar-refractivity contribution in [3.63, 3.8) is 0 Å². The van der Waals surface area contributed by atoms with Gasteiger partial charge < -0.3 is 20.8 Å². The molecule has 2 rings (SSSR count). The number of anilines is 1. The molecule has 0 aliphatic heterocycles. The Labute approximate surface area is 177 Å². The summed E-state index contributed by atoms with van der Waals surface area (Å²) in [6.07, 6.45) is 1.54. The number of aliphatic carboxylic acids is 2. The molecule has 0 fully saturated rings. The summed E-state index contributed by atoms with van der Waals surface area (Å²) < 4.78 is 26.5. The van der Waals surface area contributed by atoms with Gasteiger partial charge in [0.05, 0.1) is 17.6 Å². The topological polar surface area (TPSA) is 129 Å². The molecule has 0 aliphatic rings. The predicted octanol–water partition coefficient (Wildman–Crippen LogP) is 2.87. The van der Waals surface area contributed by atoms with Gasteiger partial charge in [-0.3, -0.25) is 19.4 Å². The first-order valence-electron chi connectivity index (χ1n) is 9.49. The van der Waals surface area contributed by atoms with Crippen LogP contribution in [0.5, 0.6) is 0 Å². The van der Waals surface area contributed by atoms with Crippen molar-refractivity contribution in [2.24, 2.45) is 5.92 Å². The molecule has 1 heterocycles. The summed E-state index contributed by atoms with van der Waals surface area (Å²) >= 11 is 0. The standard InChI is InChI=1S/C21H23F2N3O5/c1-11(2)5-18(21(30)31)25-10-16(20(28)29)17-4-3-15(9-24-17)26-19(27)12-6-13(22)8-14(23)7-12/h3-4,6-9,11,16,18,25H,5,10H2,1-2H3,(H,26,27)(H,28,29)(H,30,31). The summed E-state index contributed by atoms with van der Waals surface area (Å²) in [5, 5.41) is 24.0. The van der Waals surface area contributed by atoms with Gasteiger partial charge in [-0.25, -0.2) is 8.78 Å². The molecule has 2 aromatic rings. The van der Waals surface area contributed by atoms with Crippen molar-refractivity contribution in [2.75, 3.05) is 11.9 Å². The van der Waals surface area contributed by atoms with E-state index in [1.807, 2.05) is 13.8 Å². The molecular formula is C21H23F2N3O5. The number of rotatable bonds is 10. The predicted molar refractivity (Wildman–Crippen MR) is 108 cm³/mol. The van der Waals surface area contributed by atoms with Crippen LogP contribution < -0.4 is 10.6 Å². The van der Waals surface area contributed by atoms with Crippen LogP contribution in [0.4, 0.5) is 14.5 Å². The number of carboxylic acids is 2. The second-order valence-electron chi connectivity index (χ2n) is 7.40. The number of amides is 1. The third-order valence-corrected chi connectivity index (χ3v) is 4.40. The molecule has 2 atom stereocenters. The lowest BCUT2D eigenvalue weighted by Gasteiger charge is -2.19. The maximum atomic E-state index is 13.3. The Morgan fingerprint density at radius 1 is 1.03 bits per heavy atom. The fourth-order valence-electron chi connectivity index (χ4n) is 2.89. The fourth-order valence-corrected chi connectivity index (χ4v) is 2.89.